The number of benzene rings is 4. The zero-order valence-electron chi connectivity index (χ0n) is 21.9. The Morgan fingerprint density at radius 1 is 0.756 bits per heavy atom. The highest BCUT2D eigenvalue weighted by Crippen LogP contribution is 2.44. The number of fused-ring (bicyclic) bond motifs is 6. The molecule has 0 saturated carbocycles. The Balaban J connectivity index is 1.57. The van der Waals surface area contributed by atoms with Gasteiger partial charge in [0.2, 0.25) is 5.95 Å². The van der Waals surface area contributed by atoms with Crippen LogP contribution in [0.3, 0.4) is 0 Å². The molecule has 0 atom stereocenters. The second kappa shape index (κ2) is 9.48. The molecule has 0 bridgehead atoms. The molecule has 0 amide bonds. The molecular weight excluding hydrogens is 520 g/mol. The first-order chi connectivity index (χ1) is 20.3. The molecule has 3 aromatic heterocycles. The van der Waals surface area contributed by atoms with E-state index in [4.69, 9.17) is 27.6 Å². The lowest BCUT2D eigenvalue weighted by Gasteiger charge is -2.15. The topological polar surface area (TPSA) is 43.6 Å². The van der Waals surface area contributed by atoms with E-state index >= 15 is 0 Å². The van der Waals surface area contributed by atoms with Crippen LogP contribution in [0.4, 0.5) is 0 Å². The normalized spacial score (nSPS) is 13.0. The van der Waals surface area contributed by atoms with Gasteiger partial charge in [-0.05, 0) is 35.0 Å². The number of hydrogen-bond donors (Lipinski definition) is 1. The number of allylic oxidation sites excluding steroid dienone is 4. The Morgan fingerprint density at radius 3 is 2.39 bits per heavy atom. The Morgan fingerprint density at radius 2 is 1.51 bits per heavy atom. The highest BCUT2D eigenvalue weighted by atomic mass is 32.1. The van der Waals surface area contributed by atoms with E-state index in [2.05, 4.69) is 83.2 Å². The molecule has 0 N–H and O–H groups in total. The largest absolute Gasteiger partial charge is 0.260 e. The average Bonchev–Trinajstić information content (AvgIpc) is 3.15. The van der Waals surface area contributed by atoms with Crippen LogP contribution in [0.2, 0.25) is 0 Å². The summed E-state index contributed by atoms with van der Waals surface area (Å²) >= 11 is 5.25. The highest BCUT2D eigenvalue weighted by molar-refractivity contribution is 7.80. The van der Waals surface area contributed by atoms with Gasteiger partial charge in [0.25, 0.3) is 0 Å². The van der Waals surface area contributed by atoms with Gasteiger partial charge in [-0.2, -0.15) is 0 Å². The summed E-state index contributed by atoms with van der Waals surface area (Å²) in [7, 11) is 0. The molecule has 0 saturated heterocycles. The van der Waals surface area contributed by atoms with Crippen LogP contribution in [-0.4, -0.2) is 19.5 Å². The van der Waals surface area contributed by atoms with Crippen molar-refractivity contribution in [3.63, 3.8) is 0 Å². The Bertz CT molecular complexity index is 2300. The lowest BCUT2D eigenvalue weighted by Crippen LogP contribution is -2.05. The maximum absolute atomic E-state index is 5.25. The molecule has 3 heterocycles. The van der Waals surface area contributed by atoms with Crippen LogP contribution in [0.15, 0.2) is 120 Å². The summed E-state index contributed by atoms with van der Waals surface area (Å²) in [5.41, 5.74) is 6.42. The van der Waals surface area contributed by atoms with Crippen molar-refractivity contribution in [2.75, 3.05) is 0 Å². The minimum absolute atomic E-state index is 0.554. The summed E-state index contributed by atoms with van der Waals surface area (Å²) in [5, 5.41) is 5.33. The molecule has 0 radical (unpaired) electrons. The molecule has 8 rings (SSSR count). The molecule has 41 heavy (non-hydrogen) atoms. The molecule has 1 aliphatic rings. The van der Waals surface area contributed by atoms with Gasteiger partial charge in [0.05, 0.1) is 16.7 Å². The number of hydrogen-bond acceptors (Lipinski definition) is 4. The van der Waals surface area contributed by atoms with E-state index in [0.717, 1.165) is 77.3 Å². The van der Waals surface area contributed by atoms with Crippen molar-refractivity contribution in [2.24, 2.45) is 0 Å². The van der Waals surface area contributed by atoms with Gasteiger partial charge in [-0.15, -0.1) is 12.6 Å². The van der Waals surface area contributed by atoms with Crippen molar-refractivity contribution in [3.8, 4) is 29.0 Å². The molecule has 4 nitrogen and oxygen atoms in total. The zero-order valence-corrected chi connectivity index (χ0v) is 22.8. The van der Waals surface area contributed by atoms with E-state index < -0.39 is 0 Å². The number of thiol groups is 1. The van der Waals surface area contributed by atoms with Crippen molar-refractivity contribution >= 4 is 61.8 Å². The monoisotopic (exact) mass is 542 g/mol. The number of aromatic nitrogens is 4. The molecule has 7 aromatic rings. The molecule has 1 aliphatic carbocycles. The van der Waals surface area contributed by atoms with Crippen LogP contribution in [0.5, 0.6) is 0 Å². The van der Waals surface area contributed by atoms with E-state index in [1.54, 1.807) is 0 Å². The van der Waals surface area contributed by atoms with E-state index in [0.29, 0.717) is 5.95 Å². The predicted molar refractivity (Wildman–Crippen MR) is 171 cm³/mol. The quantitative estimate of drug-likeness (QED) is 0.180. The van der Waals surface area contributed by atoms with E-state index in [1.165, 1.54) is 0 Å². The third-order valence-electron chi connectivity index (χ3n) is 7.61. The fourth-order valence-corrected chi connectivity index (χ4v) is 6.30. The summed E-state index contributed by atoms with van der Waals surface area (Å²) in [6.07, 6.45) is 8.76. The van der Waals surface area contributed by atoms with Crippen LogP contribution in [0.25, 0.3) is 66.4 Å². The SMILES string of the molecule is Sc1c(C2=CC=CCC#C2)c2ccccc2c2c3cccnc3n(-c3nc(-c4ccccc4)c4ccccc4n3)c12. The van der Waals surface area contributed by atoms with Gasteiger partial charge >= 0.3 is 0 Å². The lowest BCUT2D eigenvalue weighted by molar-refractivity contribution is 0.990. The molecule has 4 aromatic carbocycles. The standard InChI is InChI=1S/C36H22N4S/c41-34-30(23-13-4-1-2-5-14-23)25-17-8-9-18-26(25)31-28-20-12-22-37-35(28)40(33(31)34)36-38-29-21-11-10-19-27(29)32(39-36)24-15-6-3-7-16-24/h1,3-4,6-13,15-22,41H,2H2. The molecule has 0 aliphatic heterocycles. The molecule has 0 spiro atoms. The minimum Gasteiger partial charge on any atom is -0.260 e. The van der Waals surface area contributed by atoms with Gasteiger partial charge in [-0.25, -0.2) is 15.0 Å². The smallest absolute Gasteiger partial charge is 0.237 e. The first-order valence-electron chi connectivity index (χ1n) is 13.5. The number of rotatable bonds is 3. The van der Waals surface area contributed by atoms with Gasteiger partial charge in [0.15, 0.2) is 0 Å². The lowest BCUT2D eigenvalue weighted by atomic mass is 9.94. The van der Waals surface area contributed by atoms with Gasteiger partial charge < -0.3 is 0 Å². The Hall–Kier alpha value is -5.18. The predicted octanol–water partition coefficient (Wildman–Crippen LogP) is 8.58. The minimum atomic E-state index is 0.554. The maximum atomic E-state index is 5.25. The first kappa shape index (κ1) is 23.7. The van der Waals surface area contributed by atoms with Crippen LogP contribution in [-0.2, 0) is 0 Å². The summed E-state index contributed by atoms with van der Waals surface area (Å²) in [6.45, 7) is 0. The van der Waals surface area contributed by atoms with Gasteiger partial charge in [-0.3, -0.25) is 4.57 Å². The van der Waals surface area contributed by atoms with Gasteiger partial charge in [-0.1, -0.05) is 96.8 Å². The summed E-state index contributed by atoms with van der Waals surface area (Å²) in [6, 6.07) is 31.0. The first-order valence-corrected chi connectivity index (χ1v) is 14.0. The Labute approximate surface area is 242 Å². The third kappa shape index (κ3) is 3.69. The number of para-hydroxylation sites is 1. The summed E-state index contributed by atoms with van der Waals surface area (Å²) in [4.78, 5) is 16.0. The molecular formula is C36H22N4S. The van der Waals surface area contributed by atoms with Crippen LogP contribution < -0.4 is 0 Å². The van der Waals surface area contributed by atoms with E-state index in [-0.39, 0.29) is 0 Å². The third-order valence-corrected chi connectivity index (χ3v) is 8.04. The van der Waals surface area contributed by atoms with Gasteiger partial charge in [0.1, 0.15) is 5.65 Å². The fourth-order valence-electron chi connectivity index (χ4n) is 5.85. The highest BCUT2D eigenvalue weighted by Gasteiger charge is 2.24. The van der Waals surface area contributed by atoms with Crippen molar-refractivity contribution in [2.45, 2.75) is 11.3 Å². The van der Waals surface area contributed by atoms with E-state index in [1.807, 2.05) is 48.7 Å². The van der Waals surface area contributed by atoms with Crippen molar-refractivity contribution in [1.82, 2.24) is 19.5 Å². The second-order valence-corrected chi connectivity index (χ2v) is 10.4. The summed E-state index contributed by atoms with van der Waals surface area (Å²) < 4.78 is 2.07. The summed E-state index contributed by atoms with van der Waals surface area (Å²) in [5.74, 6) is 7.21. The Kier molecular flexibility index (Phi) is 5.48. The molecule has 0 unspecified atom stereocenters. The zero-order chi connectivity index (χ0) is 27.3. The maximum Gasteiger partial charge on any atom is 0.237 e. The number of pyridine rings is 1. The molecule has 5 heteroatoms. The number of nitrogens with zero attached hydrogens (tertiary/aromatic N) is 4. The van der Waals surface area contributed by atoms with Crippen molar-refractivity contribution in [3.05, 3.63) is 121 Å². The van der Waals surface area contributed by atoms with Crippen LogP contribution >= 0.6 is 12.6 Å². The fraction of sp³-hybridized carbons (Fsp3) is 0.0278. The molecule has 0 fully saturated rings. The van der Waals surface area contributed by atoms with Crippen molar-refractivity contribution in [1.29, 1.82) is 0 Å². The van der Waals surface area contributed by atoms with E-state index in [9.17, 15) is 0 Å². The van der Waals surface area contributed by atoms with Crippen molar-refractivity contribution < 1.29 is 0 Å². The van der Waals surface area contributed by atoms with Crippen LogP contribution in [0.1, 0.15) is 12.0 Å². The average molecular weight is 543 g/mol. The molecule has 192 valence electrons. The van der Waals surface area contributed by atoms with Gasteiger partial charge in [0, 0.05) is 50.4 Å². The van der Waals surface area contributed by atoms with Crippen LogP contribution in [0, 0.1) is 11.8 Å². The second-order valence-electron chi connectivity index (χ2n) is 9.97.